The molecule has 0 bridgehead atoms. The van der Waals surface area contributed by atoms with Gasteiger partial charge in [0.05, 0.1) is 28.1 Å². The Labute approximate surface area is 171 Å². The third-order valence-electron chi connectivity index (χ3n) is 5.92. The lowest BCUT2D eigenvalue weighted by molar-refractivity contribution is 0.103. The quantitative estimate of drug-likeness (QED) is 0.407. The van der Waals surface area contributed by atoms with Crippen LogP contribution >= 0.6 is 10.6 Å². The molecule has 1 aliphatic rings. The summed E-state index contributed by atoms with van der Waals surface area (Å²) in [6, 6.07) is 3.08. The molecule has 0 saturated carbocycles. The molecule has 1 aliphatic heterocycles. The molecule has 1 unspecified atom stereocenters. The largest absolute Gasteiger partial charge is 0.295 e. The molecule has 0 amide bonds. The number of hydrogen-bond acceptors (Lipinski definition) is 6. The Bertz CT molecular complexity index is 1100. The first-order valence-electron chi connectivity index (χ1n) is 9.13. The van der Waals surface area contributed by atoms with Crippen LogP contribution in [0.3, 0.4) is 0 Å². The van der Waals surface area contributed by atoms with E-state index in [0.717, 1.165) is 5.56 Å². The molecular weight excluding hydrogens is 416 g/mol. The summed E-state index contributed by atoms with van der Waals surface area (Å²) in [5, 5.41) is 6.42. The molecular formula is C19H26N2O6S2. The molecule has 3 rings (SSSR count). The van der Waals surface area contributed by atoms with Crippen LogP contribution in [0.2, 0.25) is 0 Å². The van der Waals surface area contributed by atoms with Gasteiger partial charge in [0, 0.05) is 11.0 Å². The zero-order chi connectivity index (χ0) is 22.0. The molecule has 1 atom stereocenters. The van der Waals surface area contributed by atoms with E-state index >= 15 is 0 Å². The predicted molar refractivity (Wildman–Crippen MR) is 111 cm³/mol. The predicted octanol–water partition coefficient (Wildman–Crippen LogP) is 3.86. The Kier molecular flexibility index (Phi) is 5.03. The SMILES string of the molecule is CCC(C)(c1[nH]ncc1C(=O)c1ccc2c(c1C)C(C)(C)CS2(O)O)S(=O)(=O)O. The number of hydrogen-bond donors (Lipinski definition) is 4. The van der Waals surface area contributed by atoms with Crippen molar-refractivity contribution in [2.75, 3.05) is 5.75 Å². The van der Waals surface area contributed by atoms with E-state index < -0.39 is 36.7 Å². The summed E-state index contributed by atoms with van der Waals surface area (Å²) in [7, 11) is -7.44. The van der Waals surface area contributed by atoms with Crippen molar-refractivity contribution in [2.24, 2.45) is 0 Å². The Morgan fingerprint density at radius 2 is 1.93 bits per heavy atom. The summed E-state index contributed by atoms with van der Waals surface area (Å²) in [5.74, 6) is -0.266. The van der Waals surface area contributed by atoms with Gasteiger partial charge in [0.1, 0.15) is 4.75 Å². The lowest BCUT2D eigenvalue weighted by Gasteiger charge is -2.29. The summed E-state index contributed by atoms with van der Waals surface area (Å²) in [5.41, 5.74) is 1.22. The normalized spacial score (nSPS) is 20.7. The molecule has 0 fully saturated rings. The maximum absolute atomic E-state index is 13.4. The number of fused-ring (bicyclic) bond motifs is 1. The number of carbonyl (C=O) groups is 1. The van der Waals surface area contributed by atoms with Gasteiger partial charge in [-0.15, -0.1) is 0 Å². The molecule has 0 spiro atoms. The molecule has 160 valence electrons. The van der Waals surface area contributed by atoms with E-state index in [1.54, 1.807) is 19.9 Å². The van der Waals surface area contributed by atoms with Gasteiger partial charge in [0.25, 0.3) is 10.1 Å². The van der Waals surface area contributed by atoms with Gasteiger partial charge in [0.15, 0.2) is 5.78 Å². The van der Waals surface area contributed by atoms with E-state index in [-0.39, 0.29) is 23.4 Å². The minimum Gasteiger partial charge on any atom is -0.295 e. The number of H-pyrrole nitrogens is 1. The van der Waals surface area contributed by atoms with Crippen molar-refractivity contribution in [3.63, 3.8) is 0 Å². The fourth-order valence-electron chi connectivity index (χ4n) is 4.19. The highest BCUT2D eigenvalue weighted by Gasteiger charge is 2.45. The highest BCUT2D eigenvalue weighted by atomic mass is 32.3. The van der Waals surface area contributed by atoms with Crippen molar-refractivity contribution in [3.05, 3.63) is 46.3 Å². The highest BCUT2D eigenvalue weighted by Crippen LogP contribution is 2.62. The van der Waals surface area contributed by atoms with Crippen molar-refractivity contribution in [3.8, 4) is 0 Å². The van der Waals surface area contributed by atoms with E-state index in [1.165, 1.54) is 19.2 Å². The number of benzene rings is 1. The van der Waals surface area contributed by atoms with Crippen molar-refractivity contribution < 1.29 is 26.9 Å². The van der Waals surface area contributed by atoms with Crippen LogP contribution in [0.15, 0.2) is 23.2 Å². The van der Waals surface area contributed by atoms with Crippen LogP contribution < -0.4 is 0 Å². The average molecular weight is 443 g/mol. The maximum atomic E-state index is 13.4. The van der Waals surface area contributed by atoms with E-state index in [0.29, 0.717) is 16.0 Å². The molecule has 0 aliphatic carbocycles. The van der Waals surface area contributed by atoms with Crippen LogP contribution in [0.4, 0.5) is 0 Å². The number of nitrogens with one attached hydrogen (secondary N) is 1. The van der Waals surface area contributed by atoms with E-state index in [9.17, 15) is 26.9 Å². The van der Waals surface area contributed by atoms with Crippen molar-refractivity contribution in [1.82, 2.24) is 10.2 Å². The van der Waals surface area contributed by atoms with Gasteiger partial charge in [-0.05, 0) is 43.5 Å². The second kappa shape index (κ2) is 6.64. The molecule has 4 N–H and O–H groups in total. The third kappa shape index (κ3) is 3.23. The number of nitrogens with zero attached hydrogens (tertiary/aromatic N) is 1. The van der Waals surface area contributed by atoms with Crippen LogP contribution in [0.1, 0.15) is 66.9 Å². The molecule has 29 heavy (non-hydrogen) atoms. The highest BCUT2D eigenvalue weighted by molar-refractivity contribution is 8.24. The van der Waals surface area contributed by atoms with Crippen LogP contribution in [0, 0.1) is 6.92 Å². The van der Waals surface area contributed by atoms with Gasteiger partial charge in [-0.3, -0.25) is 23.6 Å². The first-order valence-corrected chi connectivity index (χ1v) is 12.3. The molecule has 8 nitrogen and oxygen atoms in total. The van der Waals surface area contributed by atoms with Crippen molar-refractivity contribution in [1.29, 1.82) is 0 Å². The standard InChI is InChI=1S/C19H26N2O6S2/c1-6-19(5,29(25,26)27)17-13(9-20-21-17)16(22)12-7-8-14-15(11(12)2)18(3,4)10-28(14,23)24/h7-9,23-24H,6,10H2,1-5H3,(H,20,21)(H,25,26,27). The monoisotopic (exact) mass is 442 g/mol. The molecule has 2 heterocycles. The number of ketones is 1. The maximum Gasteiger partial charge on any atom is 0.276 e. The zero-order valence-corrected chi connectivity index (χ0v) is 18.6. The number of aromatic nitrogens is 2. The molecule has 1 aromatic heterocycles. The first-order chi connectivity index (χ1) is 13.2. The van der Waals surface area contributed by atoms with Crippen molar-refractivity contribution in [2.45, 2.75) is 56.1 Å². The molecule has 1 aromatic carbocycles. The van der Waals surface area contributed by atoms with E-state index in [4.69, 9.17) is 0 Å². The summed E-state index contributed by atoms with van der Waals surface area (Å²) in [4.78, 5) is 13.8. The van der Waals surface area contributed by atoms with Gasteiger partial charge in [-0.2, -0.15) is 24.1 Å². The number of carbonyl (C=O) groups excluding carboxylic acids is 1. The van der Waals surface area contributed by atoms with Gasteiger partial charge in [-0.1, -0.05) is 20.8 Å². The lowest BCUT2D eigenvalue weighted by Crippen LogP contribution is -2.33. The van der Waals surface area contributed by atoms with Crippen LogP contribution in [0.5, 0.6) is 0 Å². The summed E-state index contributed by atoms with van der Waals surface area (Å²) < 4.78 is 52.9. The second-order valence-corrected chi connectivity index (χ2v) is 12.3. The molecule has 10 heteroatoms. The van der Waals surface area contributed by atoms with Gasteiger partial charge in [-0.25, -0.2) is 0 Å². The molecule has 0 radical (unpaired) electrons. The topological polar surface area (TPSA) is 141 Å². The minimum absolute atomic E-state index is 0.0240. The van der Waals surface area contributed by atoms with Gasteiger partial charge >= 0.3 is 0 Å². The van der Waals surface area contributed by atoms with E-state index in [1.807, 2.05) is 13.8 Å². The van der Waals surface area contributed by atoms with Crippen LogP contribution in [-0.4, -0.2) is 43.8 Å². The smallest absolute Gasteiger partial charge is 0.276 e. The van der Waals surface area contributed by atoms with Gasteiger partial charge in [0.2, 0.25) is 0 Å². The Morgan fingerprint density at radius 3 is 2.48 bits per heavy atom. The number of aromatic amines is 1. The Morgan fingerprint density at radius 1 is 1.31 bits per heavy atom. The lowest BCUT2D eigenvalue weighted by atomic mass is 9.81. The Hall–Kier alpha value is -1.72. The Balaban J connectivity index is 2.18. The summed E-state index contributed by atoms with van der Waals surface area (Å²) in [6.07, 6.45) is 1.29. The van der Waals surface area contributed by atoms with Crippen LogP contribution in [-0.2, 0) is 20.3 Å². The average Bonchev–Trinajstić information content (AvgIpc) is 3.14. The minimum atomic E-state index is -4.52. The number of rotatable bonds is 5. The summed E-state index contributed by atoms with van der Waals surface area (Å²) in [6.45, 7) is 8.46. The third-order valence-corrected chi connectivity index (χ3v) is 9.72. The van der Waals surface area contributed by atoms with Gasteiger partial charge < -0.3 is 0 Å². The van der Waals surface area contributed by atoms with Crippen LogP contribution in [0.25, 0.3) is 0 Å². The molecule has 0 saturated heterocycles. The summed E-state index contributed by atoms with van der Waals surface area (Å²) >= 11 is 0. The molecule has 2 aromatic rings. The first kappa shape index (κ1) is 22.0. The van der Waals surface area contributed by atoms with Crippen molar-refractivity contribution >= 4 is 26.5 Å². The van der Waals surface area contributed by atoms with E-state index in [2.05, 4.69) is 10.2 Å². The second-order valence-electron chi connectivity index (χ2n) is 8.35. The fourth-order valence-corrected chi connectivity index (χ4v) is 7.32. The zero-order valence-electron chi connectivity index (χ0n) is 17.0. The fraction of sp³-hybridized carbons (Fsp3) is 0.474.